The molecule has 0 aliphatic carbocycles. The summed E-state index contributed by atoms with van der Waals surface area (Å²) >= 11 is 1.18. The lowest BCUT2D eigenvalue weighted by atomic mass is 10.1. The number of nitrogens with zero attached hydrogens (tertiary/aromatic N) is 4. The monoisotopic (exact) mass is 471 g/mol. The molecule has 10 heteroatoms. The molecule has 1 amide bonds. The molecule has 1 unspecified atom stereocenters. The largest absolute Gasteiger partial charge is 0.418 e. The van der Waals surface area contributed by atoms with Gasteiger partial charge in [-0.1, -0.05) is 55.9 Å². The van der Waals surface area contributed by atoms with Gasteiger partial charge in [0.1, 0.15) is 11.4 Å². The Balaban J connectivity index is 1.63. The average Bonchev–Trinajstić information content (AvgIpc) is 3.22. The van der Waals surface area contributed by atoms with Crippen LogP contribution in [-0.4, -0.2) is 30.9 Å². The van der Waals surface area contributed by atoms with Crippen molar-refractivity contribution >= 4 is 34.4 Å². The standard InChI is InChI=1S/C23H20F3N5OS/c1-14(2)19(21(32)30-18-11-7-6-10-17(18)23(24,25)26)33-22-16-12-29-31(20(16)27-13-28-22)15-8-4-3-5-9-15/h3-14,19H,1-2H3,(H,30,32). The second kappa shape index (κ2) is 9.22. The van der Waals surface area contributed by atoms with E-state index in [1.807, 2.05) is 44.2 Å². The van der Waals surface area contributed by atoms with E-state index < -0.39 is 22.9 Å². The number of para-hydroxylation sites is 2. The van der Waals surface area contributed by atoms with Gasteiger partial charge in [0.15, 0.2) is 5.65 Å². The molecule has 0 fully saturated rings. The van der Waals surface area contributed by atoms with Crippen molar-refractivity contribution in [2.45, 2.75) is 30.3 Å². The Morgan fingerprint density at radius 2 is 1.73 bits per heavy atom. The van der Waals surface area contributed by atoms with Crippen LogP contribution in [0.1, 0.15) is 19.4 Å². The van der Waals surface area contributed by atoms with Gasteiger partial charge in [0.25, 0.3) is 0 Å². The zero-order chi connectivity index (χ0) is 23.6. The van der Waals surface area contributed by atoms with E-state index in [0.29, 0.717) is 16.1 Å². The molecule has 0 radical (unpaired) electrons. The summed E-state index contributed by atoms with van der Waals surface area (Å²) in [5, 5.41) is 7.35. The van der Waals surface area contributed by atoms with Gasteiger partial charge in [0.05, 0.1) is 33.8 Å². The SMILES string of the molecule is CC(C)C(Sc1ncnc2c1cnn2-c1ccccc1)C(=O)Nc1ccccc1C(F)(F)F. The summed E-state index contributed by atoms with van der Waals surface area (Å²) in [6.07, 6.45) is -1.56. The summed E-state index contributed by atoms with van der Waals surface area (Å²) in [5.74, 6) is -0.712. The first-order chi connectivity index (χ1) is 15.8. The maximum absolute atomic E-state index is 13.3. The van der Waals surface area contributed by atoms with Gasteiger partial charge in [0.2, 0.25) is 5.91 Å². The maximum atomic E-state index is 13.3. The van der Waals surface area contributed by atoms with E-state index in [-0.39, 0.29) is 11.6 Å². The van der Waals surface area contributed by atoms with E-state index in [1.165, 1.54) is 36.3 Å². The number of amides is 1. The summed E-state index contributed by atoms with van der Waals surface area (Å²) in [5.41, 5.74) is 0.235. The van der Waals surface area contributed by atoms with Gasteiger partial charge in [-0.05, 0) is 30.2 Å². The lowest BCUT2D eigenvalue weighted by molar-refractivity contribution is -0.137. The Hall–Kier alpha value is -3.40. The molecule has 2 aromatic heterocycles. The van der Waals surface area contributed by atoms with Crippen molar-refractivity contribution in [1.82, 2.24) is 19.7 Å². The predicted molar refractivity (Wildman–Crippen MR) is 121 cm³/mol. The van der Waals surface area contributed by atoms with E-state index in [2.05, 4.69) is 20.4 Å². The molecular formula is C23H20F3N5OS. The molecule has 0 saturated heterocycles. The zero-order valence-electron chi connectivity index (χ0n) is 17.7. The van der Waals surface area contributed by atoms with Crippen LogP contribution in [0.2, 0.25) is 0 Å². The fourth-order valence-corrected chi connectivity index (χ4v) is 4.39. The fourth-order valence-electron chi connectivity index (χ4n) is 3.33. The number of rotatable bonds is 6. The lowest BCUT2D eigenvalue weighted by Crippen LogP contribution is -2.30. The van der Waals surface area contributed by atoms with Crippen molar-refractivity contribution < 1.29 is 18.0 Å². The van der Waals surface area contributed by atoms with Crippen molar-refractivity contribution in [1.29, 1.82) is 0 Å². The second-order valence-corrected chi connectivity index (χ2v) is 8.75. The molecule has 1 N–H and O–H groups in total. The summed E-state index contributed by atoms with van der Waals surface area (Å²) in [7, 11) is 0. The van der Waals surface area contributed by atoms with E-state index in [9.17, 15) is 18.0 Å². The van der Waals surface area contributed by atoms with Gasteiger partial charge >= 0.3 is 6.18 Å². The van der Waals surface area contributed by atoms with Crippen LogP contribution in [0.4, 0.5) is 18.9 Å². The molecule has 4 aromatic rings. The Labute approximate surface area is 192 Å². The second-order valence-electron chi connectivity index (χ2n) is 7.62. The number of alkyl halides is 3. The molecule has 1 atom stereocenters. The van der Waals surface area contributed by atoms with Crippen LogP contribution in [0.5, 0.6) is 0 Å². The Morgan fingerprint density at radius 3 is 2.42 bits per heavy atom. The highest BCUT2D eigenvalue weighted by molar-refractivity contribution is 8.00. The van der Waals surface area contributed by atoms with Gasteiger partial charge in [-0.2, -0.15) is 18.3 Å². The molecule has 0 aliphatic rings. The van der Waals surface area contributed by atoms with Crippen molar-refractivity contribution in [3.63, 3.8) is 0 Å². The third-order valence-corrected chi connectivity index (χ3v) is 6.48. The first-order valence-electron chi connectivity index (χ1n) is 10.1. The number of fused-ring (bicyclic) bond motifs is 1. The molecule has 33 heavy (non-hydrogen) atoms. The lowest BCUT2D eigenvalue weighted by Gasteiger charge is -2.21. The minimum absolute atomic E-state index is 0.178. The molecule has 0 aliphatic heterocycles. The number of halogens is 3. The number of carbonyl (C=O) groups excluding carboxylic acids is 1. The van der Waals surface area contributed by atoms with E-state index in [0.717, 1.165) is 11.8 Å². The molecule has 0 saturated carbocycles. The Bertz CT molecular complexity index is 1270. The molecule has 6 nitrogen and oxygen atoms in total. The number of anilines is 1. The number of carbonyl (C=O) groups is 1. The first kappa shape index (κ1) is 22.8. The van der Waals surface area contributed by atoms with Gasteiger partial charge in [-0.25, -0.2) is 14.6 Å². The summed E-state index contributed by atoms with van der Waals surface area (Å²) in [4.78, 5) is 21.7. The van der Waals surface area contributed by atoms with Crippen LogP contribution in [0.15, 0.2) is 72.1 Å². The van der Waals surface area contributed by atoms with Crippen molar-refractivity contribution in [3.8, 4) is 5.69 Å². The average molecular weight is 472 g/mol. The number of hydrogen-bond donors (Lipinski definition) is 1. The van der Waals surface area contributed by atoms with Crippen LogP contribution in [-0.2, 0) is 11.0 Å². The van der Waals surface area contributed by atoms with Gasteiger partial charge < -0.3 is 5.32 Å². The molecular weight excluding hydrogens is 451 g/mol. The van der Waals surface area contributed by atoms with Gasteiger partial charge in [-0.15, -0.1) is 0 Å². The topological polar surface area (TPSA) is 72.7 Å². The first-order valence-corrected chi connectivity index (χ1v) is 11.0. The number of thioether (sulfide) groups is 1. The van der Waals surface area contributed by atoms with Crippen molar-refractivity contribution in [3.05, 3.63) is 72.7 Å². The molecule has 2 aromatic carbocycles. The highest BCUT2D eigenvalue weighted by Crippen LogP contribution is 2.36. The maximum Gasteiger partial charge on any atom is 0.418 e. The Morgan fingerprint density at radius 1 is 1.03 bits per heavy atom. The van der Waals surface area contributed by atoms with Crippen LogP contribution in [0.3, 0.4) is 0 Å². The summed E-state index contributed by atoms with van der Waals surface area (Å²) in [6, 6.07) is 14.4. The number of nitrogens with one attached hydrogen (secondary N) is 1. The number of hydrogen-bond acceptors (Lipinski definition) is 5. The van der Waals surface area contributed by atoms with Gasteiger partial charge in [0, 0.05) is 0 Å². The zero-order valence-corrected chi connectivity index (χ0v) is 18.6. The van der Waals surface area contributed by atoms with E-state index in [1.54, 1.807) is 10.9 Å². The third kappa shape index (κ3) is 4.85. The smallest absolute Gasteiger partial charge is 0.325 e. The van der Waals surface area contributed by atoms with Crippen molar-refractivity contribution in [2.75, 3.05) is 5.32 Å². The summed E-state index contributed by atoms with van der Waals surface area (Å²) in [6.45, 7) is 3.66. The van der Waals surface area contributed by atoms with E-state index in [4.69, 9.17) is 0 Å². The summed E-state index contributed by atoms with van der Waals surface area (Å²) < 4.78 is 41.7. The fraction of sp³-hybridized carbons (Fsp3) is 0.217. The number of benzene rings is 2. The molecule has 0 spiro atoms. The van der Waals surface area contributed by atoms with E-state index >= 15 is 0 Å². The van der Waals surface area contributed by atoms with Crippen molar-refractivity contribution in [2.24, 2.45) is 5.92 Å². The predicted octanol–water partition coefficient (Wildman–Crippen LogP) is 5.59. The molecule has 2 heterocycles. The molecule has 170 valence electrons. The van der Waals surface area contributed by atoms with Crippen LogP contribution in [0.25, 0.3) is 16.7 Å². The highest BCUT2D eigenvalue weighted by atomic mass is 32.2. The molecule has 0 bridgehead atoms. The minimum atomic E-state index is -4.57. The van der Waals surface area contributed by atoms with Crippen LogP contribution >= 0.6 is 11.8 Å². The van der Waals surface area contributed by atoms with Crippen LogP contribution < -0.4 is 5.32 Å². The Kier molecular flexibility index (Phi) is 6.37. The normalized spacial score (nSPS) is 12.8. The minimum Gasteiger partial charge on any atom is -0.325 e. The highest BCUT2D eigenvalue weighted by Gasteiger charge is 2.34. The van der Waals surface area contributed by atoms with Gasteiger partial charge in [-0.3, -0.25) is 4.79 Å². The third-order valence-electron chi connectivity index (χ3n) is 4.92. The quantitative estimate of drug-likeness (QED) is 0.293. The van der Waals surface area contributed by atoms with Crippen LogP contribution in [0, 0.1) is 5.92 Å². The molecule has 4 rings (SSSR count). The number of aromatic nitrogens is 4.